The molecular weight excluding hydrogens is 196 g/mol. The molecule has 0 aliphatic heterocycles. The number of hydrogen-bond donors (Lipinski definition) is 1. The van der Waals surface area contributed by atoms with Gasteiger partial charge in [0.1, 0.15) is 11.6 Å². The molecule has 3 heteroatoms. The zero-order chi connectivity index (χ0) is 11.4. The largest absolute Gasteiger partial charge is 0.310 e. The summed E-state index contributed by atoms with van der Waals surface area (Å²) in [7, 11) is 0. The first-order valence-electron chi connectivity index (χ1n) is 5.18. The second-order valence-corrected chi connectivity index (χ2v) is 4.15. The van der Waals surface area contributed by atoms with E-state index < -0.39 is 11.6 Å². The highest BCUT2D eigenvalue weighted by Crippen LogP contribution is 2.10. The van der Waals surface area contributed by atoms with Crippen LogP contribution in [0.3, 0.4) is 0 Å². The van der Waals surface area contributed by atoms with Gasteiger partial charge in [0.15, 0.2) is 0 Å². The van der Waals surface area contributed by atoms with Crippen LogP contribution in [0.15, 0.2) is 18.2 Å². The zero-order valence-electron chi connectivity index (χ0n) is 9.35. The van der Waals surface area contributed by atoms with E-state index in [1.165, 1.54) is 12.1 Å². The molecule has 0 saturated carbocycles. The Morgan fingerprint density at radius 1 is 1.20 bits per heavy atom. The molecule has 0 aliphatic carbocycles. The highest BCUT2D eigenvalue weighted by Gasteiger charge is 2.08. The molecule has 0 unspecified atom stereocenters. The van der Waals surface area contributed by atoms with E-state index in [1.807, 2.05) is 6.92 Å². The molecule has 0 amide bonds. The van der Waals surface area contributed by atoms with Crippen molar-refractivity contribution in [3.63, 3.8) is 0 Å². The minimum atomic E-state index is -0.534. The van der Waals surface area contributed by atoms with Gasteiger partial charge in [0.2, 0.25) is 0 Å². The summed E-state index contributed by atoms with van der Waals surface area (Å²) in [6.07, 6.45) is 0. The summed E-state index contributed by atoms with van der Waals surface area (Å²) < 4.78 is 25.8. The molecule has 1 N–H and O–H groups in total. The fraction of sp³-hybridized carbons (Fsp3) is 0.500. The van der Waals surface area contributed by atoms with E-state index in [4.69, 9.17) is 0 Å². The van der Waals surface area contributed by atoms with Crippen LogP contribution in [0, 0.1) is 17.6 Å². The van der Waals surface area contributed by atoms with Crippen molar-refractivity contribution in [3.05, 3.63) is 35.4 Å². The van der Waals surface area contributed by atoms with Crippen molar-refractivity contribution in [2.45, 2.75) is 33.4 Å². The van der Waals surface area contributed by atoms with Gasteiger partial charge < -0.3 is 5.32 Å². The van der Waals surface area contributed by atoms with Crippen molar-refractivity contribution in [3.8, 4) is 0 Å². The lowest BCUT2D eigenvalue weighted by molar-refractivity contribution is 0.421. The summed E-state index contributed by atoms with van der Waals surface area (Å²) in [5.74, 6) is -0.528. The molecule has 1 aromatic carbocycles. The maximum Gasteiger partial charge on any atom is 0.130 e. The first kappa shape index (κ1) is 12.1. The summed E-state index contributed by atoms with van der Waals surface area (Å²) in [5.41, 5.74) is 0.504. The van der Waals surface area contributed by atoms with Gasteiger partial charge in [-0.1, -0.05) is 19.9 Å². The second kappa shape index (κ2) is 5.21. The third kappa shape index (κ3) is 3.59. The molecule has 0 saturated heterocycles. The van der Waals surface area contributed by atoms with Gasteiger partial charge in [-0.25, -0.2) is 8.78 Å². The van der Waals surface area contributed by atoms with Crippen molar-refractivity contribution < 1.29 is 8.78 Å². The first-order chi connectivity index (χ1) is 7.00. The van der Waals surface area contributed by atoms with E-state index in [0.29, 0.717) is 24.1 Å². The predicted molar refractivity (Wildman–Crippen MR) is 57.5 cm³/mol. The van der Waals surface area contributed by atoms with E-state index in [2.05, 4.69) is 19.2 Å². The Morgan fingerprint density at radius 2 is 1.87 bits per heavy atom. The minimum absolute atomic E-state index is 0.314. The van der Waals surface area contributed by atoms with E-state index >= 15 is 0 Å². The average molecular weight is 213 g/mol. The smallest absolute Gasteiger partial charge is 0.130 e. The van der Waals surface area contributed by atoms with Crippen LogP contribution in [-0.4, -0.2) is 6.04 Å². The van der Waals surface area contributed by atoms with Crippen LogP contribution in [0.2, 0.25) is 0 Å². The van der Waals surface area contributed by atoms with Gasteiger partial charge in [-0.3, -0.25) is 0 Å². The van der Waals surface area contributed by atoms with Gasteiger partial charge >= 0.3 is 0 Å². The van der Waals surface area contributed by atoms with E-state index in [-0.39, 0.29) is 0 Å². The van der Waals surface area contributed by atoms with Crippen molar-refractivity contribution in [2.75, 3.05) is 0 Å². The van der Waals surface area contributed by atoms with Crippen molar-refractivity contribution in [1.82, 2.24) is 5.32 Å². The van der Waals surface area contributed by atoms with Crippen LogP contribution < -0.4 is 5.32 Å². The molecule has 1 atom stereocenters. The summed E-state index contributed by atoms with van der Waals surface area (Å²) in [6.45, 7) is 6.68. The van der Waals surface area contributed by atoms with Crippen LogP contribution in [-0.2, 0) is 6.54 Å². The molecular formula is C12H17F2N. The number of hydrogen-bond acceptors (Lipinski definition) is 1. The van der Waals surface area contributed by atoms with E-state index in [9.17, 15) is 8.78 Å². The topological polar surface area (TPSA) is 12.0 Å². The maximum atomic E-state index is 13.2. The Kier molecular flexibility index (Phi) is 4.21. The number of benzene rings is 1. The lowest BCUT2D eigenvalue weighted by Crippen LogP contribution is -2.30. The highest BCUT2D eigenvalue weighted by atomic mass is 19.1. The fourth-order valence-corrected chi connectivity index (χ4v) is 1.17. The molecule has 0 heterocycles. The molecule has 1 rings (SSSR count). The summed E-state index contributed by atoms with van der Waals surface area (Å²) >= 11 is 0. The summed E-state index contributed by atoms with van der Waals surface area (Å²) in [4.78, 5) is 0. The van der Waals surface area contributed by atoms with Gasteiger partial charge in [0.05, 0.1) is 0 Å². The Hall–Kier alpha value is -0.960. The van der Waals surface area contributed by atoms with Gasteiger partial charge in [-0.05, 0) is 18.9 Å². The number of nitrogens with one attached hydrogen (secondary N) is 1. The second-order valence-electron chi connectivity index (χ2n) is 4.15. The quantitative estimate of drug-likeness (QED) is 0.810. The van der Waals surface area contributed by atoms with Gasteiger partial charge in [-0.2, -0.15) is 0 Å². The molecule has 84 valence electrons. The molecule has 0 radical (unpaired) electrons. The van der Waals surface area contributed by atoms with Gasteiger partial charge in [0.25, 0.3) is 0 Å². The zero-order valence-corrected chi connectivity index (χ0v) is 9.35. The van der Waals surface area contributed by atoms with Gasteiger partial charge in [0, 0.05) is 24.2 Å². The van der Waals surface area contributed by atoms with Crippen LogP contribution in [0.4, 0.5) is 8.78 Å². The molecule has 15 heavy (non-hydrogen) atoms. The number of halogens is 2. The lowest BCUT2D eigenvalue weighted by atomic mass is 10.1. The molecule has 0 spiro atoms. The lowest BCUT2D eigenvalue weighted by Gasteiger charge is -2.17. The SMILES string of the molecule is CC(C)[C@H](C)NCc1ccc(F)cc1F. The average Bonchev–Trinajstić information content (AvgIpc) is 2.15. The normalized spacial score (nSPS) is 13.2. The highest BCUT2D eigenvalue weighted by molar-refractivity contribution is 5.18. The third-order valence-corrected chi connectivity index (χ3v) is 2.63. The third-order valence-electron chi connectivity index (χ3n) is 2.63. The molecule has 0 fully saturated rings. The summed E-state index contributed by atoms with van der Waals surface area (Å²) in [6, 6.07) is 3.98. The number of rotatable bonds is 4. The van der Waals surface area contributed by atoms with Crippen molar-refractivity contribution in [2.24, 2.45) is 5.92 Å². The van der Waals surface area contributed by atoms with E-state index in [0.717, 1.165) is 6.07 Å². The van der Waals surface area contributed by atoms with Crippen LogP contribution in [0.25, 0.3) is 0 Å². The molecule has 0 aromatic heterocycles. The molecule has 1 nitrogen and oxygen atoms in total. The Balaban J connectivity index is 2.58. The minimum Gasteiger partial charge on any atom is -0.310 e. The van der Waals surface area contributed by atoms with Crippen molar-refractivity contribution >= 4 is 0 Å². The monoisotopic (exact) mass is 213 g/mol. The Labute approximate surface area is 89.5 Å². The predicted octanol–water partition coefficient (Wildman–Crippen LogP) is 3.10. The van der Waals surface area contributed by atoms with E-state index in [1.54, 1.807) is 0 Å². The first-order valence-corrected chi connectivity index (χ1v) is 5.18. The van der Waals surface area contributed by atoms with Crippen molar-refractivity contribution in [1.29, 1.82) is 0 Å². The van der Waals surface area contributed by atoms with Crippen LogP contribution in [0.5, 0.6) is 0 Å². The van der Waals surface area contributed by atoms with Crippen LogP contribution >= 0.6 is 0 Å². The molecule has 1 aromatic rings. The maximum absolute atomic E-state index is 13.2. The standard InChI is InChI=1S/C12H17F2N/c1-8(2)9(3)15-7-10-4-5-11(13)6-12(10)14/h4-6,8-9,15H,7H2,1-3H3/t9-/m0/s1. The van der Waals surface area contributed by atoms with Gasteiger partial charge in [-0.15, -0.1) is 0 Å². The molecule has 0 bridgehead atoms. The Bertz CT molecular complexity index is 323. The summed E-state index contributed by atoms with van der Waals surface area (Å²) in [5, 5.41) is 3.20. The Morgan fingerprint density at radius 3 is 2.40 bits per heavy atom. The molecule has 0 aliphatic rings. The fourth-order valence-electron chi connectivity index (χ4n) is 1.17. The van der Waals surface area contributed by atoms with Crippen LogP contribution in [0.1, 0.15) is 26.3 Å².